The van der Waals surface area contributed by atoms with Gasteiger partial charge in [-0.15, -0.1) is 6.58 Å². The highest BCUT2D eigenvalue weighted by atomic mass is 16.5. The molecule has 0 saturated carbocycles. The van der Waals surface area contributed by atoms with E-state index >= 15 is 0 Å². The first-order valence-corrected chi connectivity index (χ1v) is 15.4. The van der Waals surface area contributed by atoms with E-state index in [-0.39, 0.29) is 24.2 Å². The fourth-order valence-electron chi connectivity index (χ4n) is 7.20. The van der Waals surface area contributed by atoms with Gasteiger partial charge in [-0.3, -0.25) is 4.79 Å². The smallest absolute Gasteiger partial charge is 0.305 e. The molecule has 6 rings (SSSR count). The molecule has 1 fully saturated rings. The zero-order valence-electron chi connectivity index (χ0n) is 26.3. The largest absolute Gasteiger partial charge is 0.511 e. The third-order valence-corrected chi connectivity index (χ3v) is 9.71. The number of carbonyl (C=O) groups is 1. The first-order chi connectivity index (χ1) is 21.1. The predicted octanol–water partition coefficient (Wildman–Crippen LogP) is 6.55. The van der Waals surface area contributed by atoms with Gasteiger partial charge in [0.25, 0.3) is 0 Å². The van der Waals surface area contributed by atoms with Crippen LogP contribution in [0.5, 0.6) is 0 Å². The van der Waals surface area contributed by atoms with Crippen molar-refractivity contribution < 1.29 is 19.7 Å². The van der Waals surface area contributed by atoms with Gasteiger partial charge in [-0.1, -0.05) is 19.9 Å². The van der Waals surface area contributed by atoms with Crippen molar-refractivity contribution in [1.82, 2.24) is 5.32 Å². The molecular weight excluding hydrogens is 552 g/mol. The minimum Gasteiger partial charge on any atom is -0.511 e. The summed E-state index contributed by atoms with van der Waals surface area (Å²) in [6, 6.07) is 0. The number of rotatable bonds is 7. The third kappa shape index (κ3) is 4.72. The van der Waals surface area contributed by atoms with Gasteiger partial charge >= 0.3 is 5.97 Å². The van der Waals surface area contributed by atoms with Crippen LogP contribution < -0.4 is 5.32 Å². The van der Waals surface area contributed by atoms with Crippen molar-refractivity contribution in [3.8, 4) is 0 Å². The number of aliphatic imine (C=N–C) groups is 3. The molecule has 0 spiro atoms. The lowest BCUT2D eigenvalue weighted by Crippen LogP contribution is -2.16. The van der Waals surface area contributed by atoms with Crippen molar-refractivity contribution in [3.05, 3.63) is 104 Å². The number of hydrogen-bond donors (Lipinski definition) is 3. The van der Waals surface area contributed by atoms with Gasteiger partial charge in [-0.2, -0.15) is 0 Å². The average molecular weight is 593 g/mol. The third-order valence-electron chi connectivity index (χ3n) is 9.71. The fraction of sp³-hybridized carbons (Fsp3) is 0.389. The van der Waals surface area contributed by atoms with Crippen LogP contribution in [-0.2, 0) is 9.53 Å². The Morgan fingerprint density at radius 3 is 2.55 bits per heavy atom. The standard InChI is InChI=1S/C36H40N4O4/c1-8-10-30(41)33-19(5)26-14-25-18(4)22(11-12-32(43)44-7)35(39-25)23-13-31(42)34-20(6)27(40-36(23)34)15-28-21(9-2)17(3)24(37-28)16-29(33)38-26/h8,14-16,18,22,30,39,41-42H,1,9-13H2,2-7H3/t18-,22-,30?/m0/s1. The number of methoxy groups -OCH3 is 1. The Hall–Kier alpha value is -4.30. The Labute approximate surface area is 258 Å². The number of nitrogens with one attached hydrogen (secondary N) is 1. The number of esters is 1. The van der Waals surface area contributed by atoms with E-state index in [0.29, 0.717) is 30.7 Å². The second kappa shape index (κ2) is 11.3. The molecular formula is C36H40N4O4. The van der Waals surface area contributed by atoms with Crippen LogP contribution in [0.25, 0.3) is 0 Å². The van der Waals surface area contributed by atoms with E-state index in [1.165, 1.54) is 7.11 Å². The molecule has 0 aromatic carbocycles. The van der Waals surface area contributed by atoms with Crippen molar-refractivity contribution in [3.63, 3.8) is 0 Å². The molecule has 0 aromatic heterocycles. The highest BCUT2D eigenvalue weighted by molar-refractivity contribution is 6.21. The van der Waals surface area contributed by atoms with Crippen molar-refractivity contribution in [2.75, 3.05) is 7.11 Å². The summed E-state index contributed by atoms with van der Waals surface area (Å²) in [7, 11) is 1.41. The van der Waals surface area contributed by atoms with Gasteiger partial charge in [0, 0.05) is 52.8 Å². The van der Waals surface area contributed by atoms with Crippen LogP contribution in [0.2, 0.25) is 0 Å². The Morgan fingerprint density at radius 2 is 1.84 bits per heavy atom. The van der Waals surface area contributed by atoms with Crippen molar-refractivity contribution in [2.45, 2.75) is 72.8 Å². The molecule has 228 valence electrons. The van der Waals surface area contributed by atoms with E-state index < -0.39 is 6.10 Å². The van der Waals surface area contributed by atoms with Crippen LogP contribution in [0, 0.1) is 11.8 Å². The van der Waals surface area contributed by atoms with Gasteiger partial charge in [0.15, 0.2) is 0 Å². The van der Waals surface area contributed by atoms with Gasteiger partial charge in [0.05, 0.1) is 47.4 Å². The molecule has 1 saturated heterocycles. The summed E-state index contributed by atoms with van der Waals surface area (Å²) in [6.45, 7) is 14.2. The van der Waals surface area contributed by atoms with Crippen LogP contribution in [0.4, 0.5) is 0 Å². The molecule has 5 heterocycles. The normalized spacial score (nSPS) is 24.8. The Balaban J connectivity index is 1.60. The number of carbonyl (C=O) groups excluding carboxylic acids is 1. The summed E-state index contributed by atoms with van der Waals surface area (Å²) >= 11 is 0. The summed E-state index contributed by atoms with van der Waals surface area (Å²) < 4.78 is 4.98. The molecule has 0 aromatic rings. The average Bonchev–Trinajstić information content (AvgIpc) is 3.74. The number of allylic oxidation sites excluding steroid dienone is 11. The first-order valence-electron chi connectivity index (χ1n) is 15.4. The topological polar surface area (TPSA) is 116 Å². The molecule has 3 atom stereocenters. The lowest BCUT2D eigenvalue weighted by molar-refractivity contribution is -0.140. The van der Waals surface area contributed by atoms with Gasteiger partial charge < -0.3 is 20.3 Å². The van der Waals surface area contributed by atoms with Gasteiger partial charge in [-0.05, 0) is 80.6 Å². The van der Waals surface area contributed by atoms with Gasteiger partial charge in [-0.25, -0.2) is 15.0 Å². The molecule has 8 heteroatoms. The number of ether oxygens (including phenoxy) is 1. The van der Waals surface area contributed by atoms with E-state index in [9.17, 15) is 15.0 Å². The molecule has 3 N–H and O–H groups in total. The number of nitrogens with zero attached hydrogens (tertiary/aromatic N) is 3. The molecule has 1 aliphatic carbocycles. The van der Waals surface area contributed by atoms with E-state index in [1.54, 1.807) is 6.08 Å². The highest BCUT2D eigenvalue weighted by Crippen LogP contribution is 2.46. The second-order valence-electron chi connectivity index (χ2n) is 12.2. The number of fused-ring (bicyclic) bond motifs is 5. The van der Waals surface area contributed by atoms with Gasteiger partial charge in [0.1, 0.15) is 5.76 Å². The van der Waals surface area contributed by atoms with Crippen molar-refractivity contribution >= 4 is 23.1 Å². The monoisotopic (exact) mass is 592 g/mol. The number of aliphatic hydroxyl groups is 2. The van der Waals surface area contributed by atoms with Crippen LogP contribution in [0.1, 0.15) is 66.7 Å². The molecule has 0 amide bonds. The maximum atomic E-state index is 12.2. The van der Waals surface area contributed by atoms with Crippen molar-refractivity contribution in [2.24, 2.45) is 26.8 Å². The van der Waals surface area contributed by atoms with Crippen molar-refractivity contribution in [1.29, 1.82) is 0 Å². The summed E-state index contributed by atoms with van der Waals surface area (Å²) in [5, 5.41) is 26.1. The Bertz CT molecular complexity index is 1750. The second-order valence-corrected chi connectivity index (χ2v) is 12.2. The lowest BCUT2D eigenvalue weighted by atomic mass is 9.86. The quantitative estimate of drug-likeness (QED) is 0.229. The van der Waals surface area contributed by atoms with Crippen LogP contribution in [0.3, 0.4) is 0 Å². The Kier molecular flexibility index (Phi) is 7.66. The van der Waals surface area contributed by atoms with E-state index in [1.807, 2.05) is 26.0 Å². The maximum Gasteiger partial charge on any atom is 0.305 e. The number of hydrogen-bond acceptors (Lipinski definition) is 8. The minimum atomic E-state index is -0.753. The van der Waals surface area contributed by atoms with Crippen LogP contribution >= 0.6 is 0 Å². The summed E-state index contributed by atoms with van der Waals surface area (Å²) in [6.07, 6.45) is 9.46. The lowest BCUT2D eigenvalue weighted by Gasteiger charge is -2.17. The predicted molar refractivity (Wildman–Crippen MR) is 174 cm³/mol. The summed E-state index contributed by atoms with van der Waals surface area (Å²) in [4.78, 5) is 27.4. The summed E-state index contributed by atoms with van der Waals surface area (Å²) in [5.41, 5.74) is 13.2. The van der Waals surface area contributed by atoms with E-state index in [2.05, 4.69) is 38.7 Å². The molecule has 1 unspecified atom stereocenters. The number of aliphatic hydroxyl groups excluding tert-OH is 2. The van der Waals surface area contributed by atoms with E-state index in [4.69, 9.17) is 19.7 Å². The zero-order chi connectivity index (χ0) is 31.4. The molecule has 8 bridgehead atoms. The minimum absolute atomic E-state index is 0.0189. The van der Waals surface area contributed by atoms with E-state index in [0.717, 1.165) is 85.4 Å². The summed E-state index contributed by atoms with van der Waals surface area (Å²) in [5.74, 6) is 0.0670. The molecule has 5 aliphatic heterocycles. The SMILES string of the molecule is C=CCC(O)C1=C(C)C2=NC1=CC1=NC(=CC3=C(C)C4=C(O)CC(=C5NC(=C2)[C@@H](C)[C@@H]5CCC(=O)OC)C4=N3)C(CC)=C1C. The fourth-order valence-corrected chi connectivity index (χ4v) is 7.20. The Morgan fingerprint density at radius 1 is 1.11 bits per heavy atom. The molecule has 6 aliphatic rings. The molecule has 0 radical (unpaired) electrons. The van der Waals surface area contributed by atoms with Crippen LogP contribution in [0.15, 0.2) is 119 Å². The van der Waals surface area contributed by atoms with Crippen LogP contribution in [-0.4, -0.2) is 46.5 Å². The zero-order valence-corrected chi connectivity index (χ0v) is 26.3. The highest BCUT2D eigenvalue weighted by Gasteiger charge is 2.41. The molecule has 8 nitrogen and oxygen atoms in total. The van der Waals surface area contributed by atoms with Gasteiger partial charge in [0.2, 0.25) is 0 Å². The molecule has 44 heavy (non-hydrogen) atoms. The first kappa shape index (κ1) is 29.8. The maximum absolute atomic E-state index is 12.2.